The lowest BCUT2D eigenvalue weighted by Crippen LogP contribution is -2.55. The van der Waals surface area contributed by atoms with E-state index in [1.54, 1.807) is 44.0 Å². The summed E-state index contributed by atoms with van der Waals surface area (Å²) in [6, 6.07) is 19.9. The zero-order valence-electron chi connectivity index (χ0n) is 23.7. The van der Waals surface area contributed by atoms with Crippen molar-refractivity contribution >= 4 is 17.9 Å². The fourth-order valence-electron chi connectivity index (χ4n) is 4.95. The largest absolute Gasteiger partial charge is 0.508 e. The topological polar surface area (TPSA) is 121 Å². The Morgan fingerprint density at radius 1 is 0.976 bits per heavy atom. The molecule has 1 aliphatic rings. The lowest BCUT2D eigenvalue weighted by atomic mass is 10.0. The number of pyridine rings is 1. The second-order valence-corrected chi connectivity index (χ2v) is 11.3. The predicted octanol–water partition coefficient (Wildman–Crippen LogP) is 4.31. The van der Waals surface area contributed by atoms with Crippen molar-refractivity contribution in [2.45, 2.75) is 70.2 Å². The molecule has 1 unspecified atom stereocenters. The van der Waals surface area contributed by atoms with Crippen LogP contribution in [0.4, 0.5) is 4.79 Å². The summed E-state index contributed by atoms with van der Waals surface area (Å²) in [5, 5.41) is 15.6. The number of phenols is 1. The van der Waals surface area contributed by atoms with Crippen molar-refractivity contribution in [1.82, 2.24) is 20.5 Å². The van der Waals surface area contributed by atoms with Gasteiger partial charge in [0.2, 0.25) is 11.8 Å². The normalized spacial score (nSPS) is 16.5. The molecule has 4 rings (SSSR count). The number of ether oxygens (including phenoxy) is 1. The second kappa shape index (κ2) is 13.3. The van der Waals surface area contributed by atoms with Gasteiger partial charge >= 0.3 is 6.09 Å². The van der Waals surface area contributed by atoms with Gasteiger partial charge in [-0.1, -0.05) is 48.5 Å². The molecule has 1 saturated heterocycles. The SMILES string of the molecule is CC(C)(C)OC(=O)N[C@@H](Cc1ccc(O)cc1)C(=O)N1CCCC1C(=O)N[C@@H](Cc1ccccn1)c1ccccc1. The quantitative estimate of drug-likeness (QED) is 0.360. The molecule has 0 bridgehead atoms. The molecule has 0 aliphatic carbocycles. The highest BCUT2D eigenvalue weighted by Gasteiger charge is 2.39. The lowest BCUT2D eigenvalue weighted by Gasteiger charge is -2.30. The fraction of sp³-hybridized carbons (Fsp3) is 0.375. The standard InChI is InChI=1S/C32H38N4O5/c1-32(2,3)41-31(40)35-27(20-22-14-16-25(37)17-15-22)30(39)36-19-9-13-28(36)29(38)34-26(23-10-5-4-6-11-23)21-24-12-7-8-18-33-24/h4-8,10-12,14-18,26-28,37H,9,13,19-21H2,1-3H3,(H,34,38)(H,35,40)/t26-,27-,28?/m0/s1. The number of aromatic nitrogens is 1. The molecule has 1 aliphatic heterocycles. The highest BCUT2D eigenvalue weighted by atomic mass is 16.6. The Bertz CT molecular complexity index is 1310. The number of nitrogens with one attached hydrogen (secondary N) is 2. The van der Waals surface area contributed by atoms with Gasteiger partial charge in [0.25, 0.3) is 0 Å². The molecule has 216 valence electrons. The van der Waals surface area contributed by atoms with Crippen LogP contribution in [0.15, 0.2) is 79.0 Å². The van der Waals surface area contributed by atoms with E-state index in [2.05, 4.69) is 15.6 Å². The minimum Gasteiger partial charge on any atom is -0.508 e. The summed E-state index contributed by atoms with van der Waals surface area (Å²) >= 11 is 0. The number of carbonyl (C=O) groups is 3. The van der Waals surface area contributed by atoms with E-state index in [0.29, 0.717) is 25.8 Å². The van der Waals surface area contributed by atoms with Gasteiger partial charge in [-0.3, -0.25) is 14.6 Å². The zero-order valence-corrected chi connectivity index (χ0v) is 23.7. The third-order valence-corrected chi connectivity index (χ3v) is 6.86. The Labute approximate surface area is 240 Å². The number of nitrogens with zero attached hydrogens (tertiary/aromatic N) is 2. The molecule has 2 aromatic carbocycles. The van der Waals surface area contributed by atoms with Crippen molar-refractivity contribution in [1.29, 1.82) is 0 Å². The summed E-state index contributed by atoms with van der Waals surface area (Å²) in [5.41, 5.74) is 1.79. The van der Waals surface area contributed by atoms with Gasteiger partial charge in [-0.15, -0.1) is 0 Å². The summed E-state index contributed by atoms with van der Waals surface area (Å²) < 4.78 is 5.42. The minimum atomic E-state index is -0.957. The van der Waals surface area contributed by atoms with E-state index >= 15 is 0 Å². The van der Waals surface area contributed by atoms with Crippen LogP contribution in [0.2, 0.25) is 0 Å². The molecule has 41 heavy (non-hydrogen) atoms. The van der Waals surface area contributed by atoms with Crippen LogP contribution in [0.5, 0.6) is 5.75 Å². The Hall–Kier alpha value is -4.40. The van der Waals surface area contributed by atoms with E-state index in [1.165, 1.54) is 12.1 Å². The third-order valence-electron chi connectivity index (χ3n) is 6.86. The predicted molar refractivity (Wildman–Crippen MR) is 155 cm³/mol. The molecule has 0 spiro atoms. The van der Waals surface area contributed by atoms with Gasteiger partial charge in [-0.25, -0.2) is 4.79 Å². The zero-order chi connectivity index (χ0) is 29.4. The summed E-state index contributed by atoms with van der Waals surface area (Å²) in [7, 11) is 0. The molecule has 0 saturated carbocycles. The van der Waals surface area contributed by atoms with Crippen molar-refractivity contribution in [2.75, 3.05) is 6.54 Å². The van der Waals surface area contributed by atoms with Gasteiger partial charge in [-0.2, -0.15) is 0 Å². The first kappa shape index (κ1) is 29.6. The van der Waals surface area contributed by atoms with Crippen molar-refractivity contribution in [3.05, 3.63) is 95.8 Å². The first-order valence-corrected chi connectivity index (χ1v) is 13.9. The number of hydrogen-bond acceptors (Lipinski definition) is 6. The van der Waals surface area contributed by atoms with Crippen LogP contribution >= 0.6 is 0 Å². The van der Waals surface area contributed by atoms with Crippen molar-refractivity contribution in [3.8, 4) is 5.75 Å². The van der Waals surface area contributed by atoms with Crippen LogP contribution in [0, 0.1) is 0 Å². The maximum Gasteiger partial charge on any atom is 0.408 e. The number of hydrogen-bond donors (Lipinski definition) is 3. The van der Waals surface area contributed by atoms with Gasteiger partial charge in [0.05, 0.1) is 6.04 Å². The highest BCUT2D eigenvalue weighted by Crippen LogP contribution is 2.23. The molecular weight excluding hydrogens is 520 g/mol. The van der Waals surface area contributed by atoms with Crippen LogP contribution in [0.3, 0.4) is 0 Å². The van der Waals surface area contributed by atoms with E-state index in [1.807, 2.05) is 48.5 Å². The number of amides is 3. The maximum absolute atomic E-state index is 13.9. The van der Waals surface area contributed by atoms with Gasteiger partial charge < -0.3 is 25.4 Å². The van der Waals surface area contributed by atoms with Crippen molar-refractivity contribution < 1.29 is 24.2 Å². The molecule has 9 nitrogen and oxygen atoms in total. The Morgan fingerprint density at radius 2 is 1.68 bits per heavy atom. The van der Waals surface area contributed by atoms with Gasteiger partial charge in [-0.05, 0) is 69.0 Å². The molecule has 0 radical (unpaired) electrons. The Morgan fingerprint density at radius 3 is 2.34 bits per heavy atom. The first-order chi connectivity index (χ1) is 19.6. The monoisotopic (exact) mass is 558 g/mol. The van der Waals surface area contributed by atoms with E-state index in [4.69, 9.17) is 4.74 Å². The second-order valence-electron chi connectivity index (χ2n) is 11.3. The van der Waals surface area contributed by atoms with Crippen LogP contribution < -0.4 is 10.6 Å². The summed E-state index contributed by atoms with van der Waals surface area (Å²) in [4.78, 5) is 46.3. The molecule has 3 aromatic rings. The maximum atomic E-state index is 13.9. The van der Waals surface area contributed by atoms with Crippen LogP contribution in [0.25, 0.3) is 0 Å². The van der Waals surface area contributed by atoms with Gasteiger partial charge in [0.15, 0.2) is 0 Å². The number of aromatic hydroxyl groups is 1. The van der Waals surface area contributed by atoms with Gasteiger partial charge in [0.1, 0.15) is 23.4 Å². The Balaban J connectivity index is 1.53. The third kappa shape index (κ3) is 8.54. The number of alkyl carbamates (subject to hydrolysis) is 1. The van der Waals surface area contributed by atoms with Gasteiger partial charge in [0, 0.05) is 31.3 Å². The number of likely N-dealkylation sites (tertiary alicyclic amines) is 1. The number of benzene rings is 2. The van der Waals surface area contributed by atoms with Crippen molar-refractivity contribution in [2.24, 2.45) is 0 Å². The first-order valence-electron chi connectivity index (χ1n) is 13.9. The van der Waals surface area contributed by atoms with Crippen molar-refractivity contribution in [3.63, 3.8) is 0 Å². The number of rotatable bonds is 9. The molecule has 3 N–H and O–H groups in total. The number of carbonyl (C=O) groups excluding carboxylic acids is 3. The molecule has 2 heterocycles. The average molecular weight is 559 g/mol. The molecule has 3 amide bonds. The van der Waals surface area contributed by atoms with Crippen LogP contribution in [-0.4, -0.2) is 57.1 Å². The van der Waals surface area contributed by atoms with Crippen LogP contribution in [0.1, 0.15) is 56.5 Å². The van der Waals surface area contributed by atoms with E-state index < -0.39 is 23.8 Å². The summed E-state index contributed by atoms with van der Waals surface area (Å²) in [6.07, 6.45) is 2.87. The fourth-order valence-corrected chi connectivity index (χ4v) is 4.95. The summed E-state index contributed by atoms with van der Waals surface area (Å²) in [5.74, 6) is -0.504. The lowest BCUT2D eigenvalue weighted by molar-refractivity contribution is -0.140. The minimum absolute atomic E-state index is 0.103. The van der Waals surface area contributed by atoms with E-state index in [0.717, 1.165) is 16.8 Å². The smallest absolute Gasteiger partial charge is 0.408 e. The molecule has 1 aromatic heterocycles. The Kier molecular flexibility index (Phi) is 9.60. The molecular formula is C32H38N4O5. The molecule has 1 fully saturated rings. The van der Waals surface area contributed by atoms with Crippen LogP contribution in [-0.2, 0) is 27.2 Å². The highest BCUT2D eigenvalue weighted by molar-refractivity contribution is 5.92. The molecule has 3 atom stereocenters. The average Bonchev–Trinajstić information content (AvgIpc) is 3.43. The summed E-state index contributed by atoms with van der Waals surface area (Å²) in [6.45, 7) is 5.64. The molecule has 9 heteroatoms. The number of phenolic OH excluding ortho intramolecular Hbond substituents is 1. The van der Waals surface area contributed by atoms with E-state index in [-0.39, 0.29) is 30.0 Å². The van der Waals surface area contributed by atoms with E-state index in [9.17, 15) is 19.5 Å².